The monoisotopic (exact) mass is 615 g/mol. The molecule has 3 rings (SSSR count). The van der Waals surface area contributed by atoms with E-state index in [0.29, 0.717) is 0 Å². The van der Waals surface area contributed by atoms with Crippen molar-refractivity contribution in [2.24, 2.45) is 5.18 Å². The van der Waals surface area contributed by atoms with Crippen LogP contribution in [0, 0.1) is 4.91 Å². The van der Waals surface area contributed by atoms with E-state index in [1.165, 1.54) is 5.38 Å². The van der Waals surface area contributed by atoms with Crippen molar-refractivity contribution in [3.8, 4) is 0 Å². The van der Waals surface area contributed by atoms with Crippen LogP contribution in [0.2, 0.25) is 0 Å². The van der Waals surface area contributed by atoms with Gasteiger partial charge in [-0.25, -0.2) is 14.6 Å². The van der Waals surface area contributed by atoms with Crippen molar-refractivity contribution in [1.82, 2.24) is 15.2 Å². The predicted octanol–water partition coefficient (Wildman–Crippen LogP) is 2.17. The van der Waals surface area contributed by atoms with Gasteiger partial charge < -0.3 is 19.9 Å². The number of anilines is 1. The molecule has 3 N–H and O–H groups in total. The van der Waals surface area contributed by atoms with Crippen LogP contribution < -0.4 is 10.6 Å². The Labute approximate surface area is 230 Å². The molecule has 1 aromatic rings. The second-order valence-corrected chi connectivity index (χ2v) is 11.8. The fourth-order valence-corrected chi connectivity index (χ4v) is 5.40. The quantitative estimate of drug-likeness (QED) is 0.159. The Hall–Kier alpha value is -2.66. The van der Waals surface area contributed by atoms with Crippen LogP contribution in [0.4, 0.5) is 9.93 Å². The van der Waals surface area contributed by atoms with Crippen LogP contribution in [0.3, 0.4) is 0 Å². The molecule has 1 unspecified atom stereocenters. The van der Waals surface area contributed by atoms with Crippen LogP contribution in [-0.2, 0) is 28.7 Å². The smallest absolute Gasteiger partial charge is 0.413 e. The number of nitrogens with zero attached hydrogens (tertiary/aromatic N) is 3. The van der Waals surface area contributed by atoms with Crippen LogP contribution in [-0.4, -0.2) is 79.0 Å². The number of carbonyl (C=O) groups excluding carboxylic acids is 4. The number of halogens is 3. The summed E-state index contributed by atoms with van der Waals surface area (Å²) in [5, 5.41) is 17.4. The lowest BCUT2D eigenvalue weighted by Gasteiger charge is -2.49. The number of esters is 1. The van der Waals surface area contributed by atoms with Crippen LogP contribution >= 0.6 is 57.9 Å². The number of carboxylic acids is 1. The summed E-state index contributed by atoms with van der Waals surface area (Å²) in [5.41, 5.74) is -0.226. The van der Waals surface area contributed by atoms with Gasteiger partial charge in [0, 0.05) is 23.6 Å². The highest BCUT2D eigenvalue weighted by Gasteiger charge is 2.54. The first-order chi connectivity index (χ1) is 17.3. The first-order valence-corrected chi connectivity index (χ1v) is 13.0. The highest BCUT2D eigenvalue weighted by Crippen LogP contribution is 2.40. The molecular formula is C18H16Cl3N5O9S2. The summed E-state index contributed by atoms with van der Waals surface area (Å²) in [6.07, 6.45) is -1.00. The van der Waals surface area contributed by atoms with E-state index in [9.17, 15) is 34.0 Å². The van der Waals surface area contributed by atoms with Crippen molar-refractivity contribution in [3.63, 3.8) is 0 Å². The molecule has 0 aliphatic carbocycles. The van der Waals surface area contributed by atoms with E-state index in [4.69, 9.17) is 44.3 Å². The van der Waals surface area contributed by atoms with E-state index >= 15 is 0 Å². The molecular weight excluding hydrogens is 601 g/mol. The molecule has 2 aliphatic heterocycles. The number of aliphatic carboxylic acids is 1. The van der Waals surface area contributed by atoms with Crippen LogP contribution in [0.15, 0.2) is 21.8 Å². The van der Waals surface area contributed by atoms with Crippen LogP contribution in [0.5, 0.6) is 0 Å². The van der Waals surface area contributed by atoms with Crippen LogP contribution in [0.1, 0.15) is 18.7 Å². The van der Waals surface area contributed by atoms with Gasteiger partial charge in [0.05, 0.1) is 5.69 Å². The Morgan fingerprint density at radius 2 is 2.03 bits per heavy atom. The van der Waals surface area contributed by atoms with Crippen molar-refractivity contribution >= 4 is 92.9 Å². The molecule has 14 nitrogen and oxygen atoms in total. The van der Waals surface area contributed by atoms with Crippen molar-refractivity contribution in [2.75, 3.05) is 24.3 Å². The van der Waals surface area contributed by atoms with Gasteiger partial charge in [0.1, 0.15) is 30.3 Å². The maximum atomic E-state index is 12.7. The lowest BCUT2D eigenvalue weighted by Crippen LogP contribution is -2.70. The molecule has 0 bridgehead atoms. The first kappa shape index (κ1) is 28.9. The Balaban J connectivity index is 1.65. The second-order valence-electron chi connectivity index (χ2n) is 7.34. The largest absolute Gasteiger partial charge is 0.477 e. The average molecular weight is 617 g/mol. The normalized spacial score (nSPS) is 19.8. The van der Waals surface area contributed by atoms with Gasteiger partial charge >= 0.3 is 18.0 Å². The summed E-state index contributed by atoms with van der Waals surface area (Å²) in [6, 6.07) is -2.81. The number of hydrogen-bond donors (Lipinski definition) is 3. The molecule has 0 saturated carbocycles. The number of rotatable bonds is 9. The highest BCUT2D eigenvalue weighted by atomic mass is 35.6. The summed E-state index contributed by atoms with van der Waals surface area (Å²) < 4.78 is 7.72. The summed E-state index contributed by atoms with van der Waals surface area (Å²) in [4.78, 5) is 76.4. The lowest BCUT2D eigenvalue weighted by atomic mass is 10.0. The van der Waals surface area contributed by atoms with Gasteiger partial charge in [-0.2, -0.15) is 0 Å². The molecule has 37 heavy (non-hydrogen) atoms. The van der Waals surface area contributed by atoms with Gasteiger partial charge in [-0.1, -0.05) is 34.8 Å². The number of amides is 3. The number of thioether (sulfide) groups is 1. The SMILES string of the molecule is CC(=O)OCC1=C(C(=O)O)N2C(=O)[C@@H](NC(=O)C(N=O)c3csc(NC(=O)OCC(Cl)(Cl)Cl)n3)[C@H]2SC1. The molecule has 0 aromatic carbocycles. The summed E-state index contributed by atoms with van der Waals surface area (Å²) >= 11 is 18.5. The van der Waals surface area contributed by atoms with E-state index in [1.807, 2.05) is 0 Å². The summed E-state index contributed by atoms with van der Waals surface area (Å²) in [5.74, 6) is -3.58. The van der Waals surface area contributed by atoms with E-state index in [2.05, 4.69) is 20.8 Å². The number of carbonyl (C=O) groups is 5. The minimum Gasteiger partial charge on any atom is -0.477 e. The Bertz CT molecular complexity index is 1170. The number of aromatic nitrogens is 1. The zero-order valence-corrected chi connectivity index (χ0v) is 22.3. The van der Waals surface area contributed by atoms with Gasteiger partial charge in [-0.15, -0.1) is 28.0 Å². The molecule has 1 aromatic heterocycles. The van der Waals surface area contributed by atoms with Gasteiger partial charge in [0.15, 0.2) is 5.13 Å². The zero-order chi connectivity index (χ0) is 27.5. The number of thiazole rings is 1. The molecule has 200 valence electrons. The number of β-lactam (4-membered cyclic amide) rings is 1. The highest BCUT2D eigenvalue weighted by molar-refractivity contribution is 8.00. The molecule has 2 aliphatic rings. The second kappa shape index (κ2) is 11.8. The number of hydrogen-bond acceptors (Lipinski definition) is 12. The fourth-order valence-electron chi connectivity index (χ4n) is 3.19. The molecule has 0 radical (unpaired) electrons. The number of nitroso groups, excluding NO2 is 1. The van der Waals surface area contributed by atoms with Gasteiger partial charge in [0.2, 0.25) is 9.83 Å². The summed E-state index contributed by atoms with van der Waals surface area (Å²) in [6.45, 7) is 0.322. The van der Waals surface area contributed by atoms with E-state index in [0.717, 1.165) is 34.9 Å². The maximum absolute atomic E-state index is 12.7. The Morgan fingerprint density at radius 1 is 1.32 bits per heavy atom. The average Bonchev–Trinajstić information content (AvgIpc) is 3.26. The van der Waals surface area contributed by atoms with Gasteiger partial charge in [-0.05, 0) is 5.18 Å². The number of ether oxygens (including phenoxy) is 2. The fraction of sp³-hybridized carbons (Fsp3) is 0.444. The van der Waals surface area contributed by atoms with Gasteiger partial charge in [0.25, 0.3) is 11.8 Å². The molecule has 1 fully saturated rings. The number of nitrogens with one attached hydrogen (secondary N) is 2. The molecule has 3 atom stereocenters. The molecule has 1 saturated heterocycles. The van der Waals surface area contributed by atoms with Crippen molar-refractivity contribution in [2.45, 2.75) is 28.2 Å². The third-order valence-corrected chi connectivity index (χ3v) is 7.17. The predicted molar refractivity (Wildman–Crippen MR) is 132 cm³/mol. The standard InChI is InChI=1S/C18H16Cl3N5O9S2/c1-6(27)34-2-7-3-36-14-10(13(29)26(14)11(7)15(30)31)23-12(28)9(25-33)8-4-37-16(22-8)24-17(32)35-5-18(19,20)21/h4,9-10,14H,2-3,5H2,1H3,(H,23,28)(H,30,31)(H,22,24,32)/t9?,10-,14-/m1/s1. The van der Waals surface area contributed by atoms with Crippen molar-refractivity contribution in [3.05, 3.63) is 27.3 Å². The molecule has 3 heterocycles. The number of carboxylic acid groups (broad SMARTS) is 1. The molecule has 3 amide bonds. The van der Waals surface area contributed by atoms with Crippen LogP contribution in [0.25, 0.3) is 0 Å². The van der Waals surface area contributed by atoms with E-state index in [-0.39, 0.29) is 34.5 Å². The first-order valence-electron chi connectivity index (χ1n) is 9.94. The summed E-state index contributed by atoms with van der Waals surface area (Å²) in [7, 11) is 0. The molecule has 0 spiro atoms. The minimum absolute atomic E-state index is 0.0453. The number of alkyl halides is 3. The molecule has 19 heteroatoms. The topological polar surface area (TPSA) is 194 Å². The van der Waals surface area contributed by atoms with Crippen molar-refractivity contribution < 1.29 is 38.6 Å². The van der Waals surface area contributed by atoms with Crippen molar-refractivity contribution in [1.29, 1.82) is 0 Å². The zero-order valence-electron chi connectivity index (χ0n) is 18.4. The third-order valence-electron chi connectivity index (χ3n) is 4.73. The van der Waals surface area contributed by atoms with E-state index < -0.39 is 57.7 Å². The maximum Gasteiger partial charge on any atom is 0.413 e. The number of fused-ring (bicyclic) bond motifs is 1. The minimum atomic E-state index is -1.83. The third kappa shape index (κ3) is 7.01. The van der Waals surface area contributed by atoms with Gasteiger partial charge in [-0.3, -0.25) is 24.6 Å². The lowest BCUT2D eigenvalue weighted by molar-refractivity contribution is -0.151. The Kier molecular flexibility index (Phi) is 9.22. The van der Waals surface area contributed by atoms with E-state index in [1.54, 1.807) is 0 Å². The Morgan fingerprint density at radius 3 is 2.62 bits per heavy atom.